The number of Topliss-reactive ketones (excluding diaryl/α,β-unsaturated/α-hetero) is 1. The minimum Gasteiger partial charge on any atom is -0.489 e. The van der Waals surface area contributed by atoms with E-state index >= 15 is 0 Å². The Balaban J connectivity index is 2.25. The monoisotopic (exact) mass is 322 g/mol. The standard InChI is InChI=1S/C18H17F3O2/c1-12(2)15-10-14(17(22)18(19,20)21)8-9-16(15)23-11-13-6-4-3-5-7-13/h3-10,12H,11H2,1-2H3. The van der Waals surface area contributed by atoms with Gasteiger partial charge >= 0.3 is 6.18 Å². The maximum Gasteiger partial charge on any atom is 0.454 e. The average molecular weight is 322 g/mol. The number of benzene rings is 2. The minimum atomic E-state index is -4.87. The Labute approximate surface area is 132 Å². The first kappa shape index (κ1) is 17.1. The molecule has 0 saturated heterocycles. The number of halogens is 3. The van der Waals surface area contributed by atoms with Crippen molar-refractivity contribution < 1.29 is 22.7 Å². The molecule has 122 valence electrons. The number of hydrogen-bond acceptors (Lipinski definition) is 2. The summed E-state index contributed by atoms with van der Waals surface area (Å²) in [5, 5.41) is 0. The van der Waals surface area contributed by atoms with Crippen LogP contribution in [0.1, 0.15) is 41.3 Å². The molecule has 23 heavy (non-hydrogen) atoms. The second-order valence-corrected chi connectivity index (χ2v) is 5.51. The van der Waals surface area contributed by atoms with E-state index in [0.717, 1.165) is 11.6 Å². The van der Waals surface area contributed by atoms with Crippen molar-refractivity contribution in [1.29, 1.82) is 0 Å². The third-order valence-electron chi connectivity index (χ3n) is 3.39. The van der Waals surface area contributed by atoms with Crippen LogP contribution < -0.4 is 4.74 Å². The molecule has 0 heterocycles. The zero-order chi connectivity index (χ0) is 17.0. The van der Waals surface area contributed by atoms with Crippen molar-refractivity contribution in [1.82, 2.24) is 0 Å². The summed E-state index contributed by atoms with van der Waals surface area (Å²) in [6, 6.07) is 13.3. The molecular formula is C18H17F3O2. The summed E-state index contributed by atoms with van der Waals surface area (Å²) < 4.78 is 43.4. The summed E-state index contributed by atoms with van der Waals surface area (Å²) >= 11 is 0. The first-order valence-electron chi connectivity index (χ1n) is 7.21. The van der Waals surface area contributed by atoms with Crippen molar-refractivity contribution in [3.63, 3.8) is 0 Å². The smallest absolute Gasteiger partial charge is 0.454 e. The van der Waals surface area contributed by atoms with Crippen molar-refractivity contribution in [3.8, 4) is 5.75 Å². The van der Waals surface area contributed by atoms with E-state index in [4.69, 9.17) is 4.74 Å². The molecule has 0 saturated carbocycles. The first-order valence-corrected chi connectivity index (χ1v) is 7.21. The molecule has 0 unspecified atom stereocenters. The highest BCUT2D eigenvalue weighted by Gasteiger charge is 2.39. The van der Waals surface area contributed by atoms with E-state index in [9.17, 15) is 18.0 Å². The minimum absolute atomic E-state index is 0.0678. The van der Waals surface area contributed by atoms with Crippen LogP contribution in [0.25, 0.3) is 0 Å². The molecule has 2 aromatic carbocycles. The normalized spacial score (nSPS) is 11.6. The van der Waals surface area contributed by atoms with Crippen LogP contribution in [0.5, 0.6) is 5.75 Å². The van der Waals surface area contributed by atoms with Crippen LogP contribution in [0.2, 0.25) is 0 Å². The Morgan fingerprint density at radius 2 is 1.74 bits per heavy atom. The molecule has 0 amide bonds. The third kappa shape index (κ3) is 4.34. The predicted molar refractivity (Wildman–Crippen MR) is 81.7 cm³/mol. The van der Waals surface area contributed by atoms with Gasteiger partial charge in [0.25, 0.3) is 5.78 Å². The molecule has 2 rings (SSSR count). The van der Waals surface area contributed by atoms with Gasteiger partial charge in [0, 0.05) is 5.56 Å². The van der Waals surface area contributed by atoms with Gasteiger partial charge in [-0.2, -0.15) is 13.2 Å². The molecule has 0 bridgehead atoms. The molecular weight excluding hydrogens is 305 g/mol. The number of alkyl halides is 3. The summed E-state index contributed by atoms with van der Waals surface area (Å²) in [6.45, 7) is 3.99. The maximum absolute atomic E-state index is 12.6. The van der Waals surface area contributed by atoms with Crippen molar-refractivity contribution in [2.24, 2.45) is 0 Å². The van der Waals surface area contributed by atoms with E-state index in [1.165, 1.54) is 12.1 Å². The van der Waals surface area contributed by atoms with Gasteiger partial charge in [-0.05, 0) is 35.2 Å². The first-order chi connectivity index (χ1) is 10.8. The topological polar surface area (TPSA) is 26.3 Å². The highest BCUT2D eigenvalue weighted by atomic mass is 19.4. The molecule has 0 fully saturated rings. The zero-order valence-corrected chi connectivity index (χ0v) is 12.9. The van der Waals surface area contributed by atoms with E-state index in [-0.39, 0.29) is 11.5 Å². The second-order valence-electron chi connectivity index (χ2n) is 5.51. The zero-order valence-electron chi connectivity index (χ0n) is 12.9. The summed E-state index contributed by atoms with van der Waals surface area (Å²) in [5.41, 5.74) is 1.17. The highest BCUT2D eigenvalue weighted by Crippen LogP contribution is 2.31. The molecule has 5 heteroatoms. The molecule has 2 aromatic rings. The van der Waals surface area contributed by atoms with Gasteiger partial charge in [-0.3, -0.25) is 4.79 Å². The van der Waals surface area contributed by atoms with Gasteiger partial charge in [0.2, 0.25) is 0 Å². The fourth-order valence-corrected chi connectivity index (χ4v) is 2.17. The van der Waals surface area contributed by atoms with Gasteiger partial charge in [-0.1, -0.05) is 44.2 Å². The maximum atomic E-state index is 12.6. The van der Waals surface area contributed by atoms with E-state index in [2.05, 4.69) is 0 Å². The molecule has 0 N–H and O–H groups in total. The van der Waals surface area contributed by atoms with E-state index < -0.39 is 12.0 Å². The van der Waals surface area contributed by atoms with Crippen molar-refractivity contribution >= 4 is 5.78 Å². The molecule has 0 aliphatic carbocycles. The lowest BCUT2D eigenvalue weighted by atomic mass is 9.98. The highest BCUT2D eigenvalue weighted by molar-refractivity contribution is 6.00. The Bertz CT molecular complexity index is 676. The second kappa shape index (κ2) is 6.86. The van der Waals surface area contributed by atoms with Gasteiger partial charge in [0.1, 0.15) is 12.4 Å². The third-order valence-corrected chi connectivity index (χ3v) is 3.39. The van der Waals surface area contributed by atoms with Gasteiger partial charge < -0.3 is 4.74 Å². The van der Waals surface area contributed by atoms with E-state index in [1.807, 2.05) is 44.2 Å². The van der Waals surface area contributed by atoms with Gasteiger partial charge in [0.15, 0.2) is 0 Å². The quantitative estimate of drug-likeness (QED) is 0.713. The van der Waals surface area contributed by atoms with Crippen LogP contribution in [0.4, 0.5) is 13.2 Å². The molecule has 0 aliphatic heterocycles. The molecule has 0 aromatic heterocycles. The lowest BCUT2D eigenvalue weighted by molar-refractivity contribution is -0.0885. The summed E-state index contributed by atoms with van der Waals surface area (Å²) in [4.78, 5) is 11.4. The Hall–Kier alpha value is -2.30. The van der Waals surface area contributed by atoms with Crippen LogP contribution in [-0.4, -0.2) is 12.0 Å². The molecule has 2 nitrogen and oxygen atoms in total. The van der Waals surface area contributed by atoms with Gasteiger partial charge in [-0.15, -0.1) is 0 Å². The van der Waals surface area contributed by atoms with Crippen molar-refractivity contribution in [2.45, 2.75) is 32.5 Å². The lowest BCUT2D eigenvalue weighted by Crippen LogP contribution is -2.22. The lowest BCUT2D eigenvalue weighted by Gasteiger charge is -2.16. The molecule has 0 aliphatic rings. The van der Waals surface area contributed by atoms with E-state index in [1.54, 1.807) is 0 Å². The average Bonchev–Trinajstić information content (AvgIpc) is 2.52. The predicted octanol–water partition coefficient (Wildman–Crippen LogP) is 5.13. The molecule has 0 spiro atoms. The fourth-order valence-electron chi connectivity index (χ4n) is 2.17. The largest absolute Gasteiger partial charge is 0.489 e. The SMILES string of the molecule is CC(C)c1cc(C(=O)C(F)(F)F)ccc1OCc1ccccc1. The number of carbonyl (C=O) groups excluding carboxylic acids is 1. The van der Waals surface area contributed by atoms with Crippen LogP contribution in [0, 0.1) is 0 Å². The van der Waals surface area contributed by atoms with Crippen molar-refractivity contribution in [3.05, 3.63) is 65.2 Å². The Morgan fingerprint density at radius 3 is 2.30 bits per heavy atom. The summed E-state index contributed by atoms with van der Waals surface area (Å²) in [6.07, 6.45) is -4.87. The van der Waals surface area contributed by atoms with Gasteiger partial charge in [-0.25, -0.2) is 0 Å². The van der Waals surface area contributed by atoms with Crippen LogP contribution in [0.3, 0.4) is 0 Å². The number of hydrogen-bond donors (Lipinski definition) is 0. The Morgan fingerprint density at radius 1 is 1.09 bits per heavy atom. The molecule has 0 radical (unpaired) electrons. The van der Waals surface area contributed by atoms with Gasteiger partial charge in [0.05, 0.1) is 0 Å². The van der Waals surface area contributed by atoms with Crippen LogP contribution >= 0.6 is 0 Å². The fraction of sp³-hybridized carbons (Fsp3) is 0.278. The van der Waals surface area contributed by atoms with Crippen molar-refractivity contribution in [2.75, 3.05) is 0 Å². The summed E-state index contributed by atoms with van der Waals surface area (Å²) in [5.74, 6) is -1.42. The number of ketones is 1. The van der Waals surface area contributed by atoms with Crippen LogP contribution in [0.15, 0.2) is 48.5 Å². The Kier molecular flexibility index (Phi) is 5.08. The number of rotatable bonds is 5. The summed E-state index contributed by atoms with van der Waals surface area (Å²) in [7, 11) is 0. The van der Waals surface area contributed by atoms with Crippen LogP contribution in [-0.2, 0) is 6.61 Å². The number of ether oxygens (including phenoxy) is 1. The number of carbonyl (C=O) groups is 1. The van der Waals surface area contributed by atoms with E-state index in [0.29, 0.717) is 17.9 Å². The molecule has 0 atom stereocenters.